The number of nitrogens with one attached hydrogen (secondary N) is 2. The molecule has 0 aromatic rings. The molecule has 1 rings (SSSR count). The molecule has 0 aromatic carbocycles. The molecule has 23 heavy (non-hydrogen) atoms. The van der Waals surface area contributed by atoms with Gasteiger partial charge in [-0.05, 0) is 57.4 Å². The third-order valence-corrected chi connectivity index (χ3v) is 4.87. The first-order valence-corrected chi connectivity index (χ1v) is 9.29. The number of carbonyl (C=O) groups is 1. The first-order valence-electron chi connectivity index (χ1n) is 9.29. The second-order valence-electron chi connectivity index (χ2n) is 8.89. The van der Waals surface area contributed by atoms with Crippen molar-refractivity contribution >= 4 is 6.09 Å². The lowest BCUT2D eigenvalue weighted by Gasteiger charge is -2.34. The van der Waals surface area contributed by atoms with E-state index in [4.69, 9.17) is 4.74 Å². The number of hydrogen-bond donors (Lipinski definition) is 2. The van der Waals surface area contributed by atoms with E-state index in [2.05, 4.69) is 31.4 Å². The molecular formula is C19H38N2O2. The van der Waals surface area contributed by atoms with Crippen LogP contribution in [0.4, 0.5) is 4.79 Å². The van der Waals surface area contributed by atoms with E-state index in [1.165, 1.54) is 32.1 Å². The summed E-state index contributed by atoms with van der Waals surface area (Å²) >= 11 is 0. The molecule has 1 aliphatic rings. The van der Waals surface area contributed by atoms with Crippen LogP contribution in [-0.4, -0.2) is 31.3 Å². The van der Waals surface area contributed by atoms with E-state index in [1.54, 1.807) is 0 Å². The summed E-state index contributed by atoms with van der Waals surface area (Å²) in [7, 11) is 0. The van der Waals surface area contributed by atoms with Crippen LogP contribution in [0.2, 0.25) is 0 Å². The van der Waals surface area contributed by atoms with Gasteiger partial charge in [0.15, 0.2) is 0 Å². The Labute approximate surface area is 143 Å². The fourth-order valence-electron chi connectivity index (χ4n) is 3.21. The second kappa shape index (κ2) is 8.91. The quantitative estimate of drug-likeness (QED) is 0.731. The van der Waals surface area contributed by atoms with E-state index >= 15 is 0 Å². The van der Waals surface area contributed by atoms with E-state index in [-0.39, 0.29) is 6.09 Å². The fourth-order valence-corrected chi connectivity index (χ4v) is 3.21. The summed E-state index contributed by atoms with van der Waals surface area (Å²) in [5.41, 5.74) is 0.0175. The highest BCUT2D eigenvalue weighted by Crippen LogP contribution is 2.34. The largest absolute Gasteiger partial charge is 0.444 e. The maximum atomic E-state index is 11.8. The van der Waals surface area contributed by atoms with Gasteiger partial charge >= 0.3 is 6.09 Å². The summed E-state index contributed by atoms with van der Waals surface area (Å²) in [4.78, 5) is 11.8. The highest BCUT2D eigenvalue weighted by Gasteiger charge is 2.27. The molecule has 1 amide bonds. The number of alkyl carbamates (subject to hydrolysis) is 1. The molecule has 1 fully saturated rings. The van der Waals surface area contributed by atoms with Crippen molar-refractivity contribution in [3.63, 3.8) is 0 Å². The fraction of sp³-hybridized carbons (Fsp3) is 0.947. The van der Waals surface area contributed by atoms with Crippen molar-refractivity contribution in [3.05, 3.63) is 0 Å². The van der Waals surface area contributed by atoms with Gasteiger partial charge in [0.2, 0.25) is 0 Å². The molecule has 0 saturated heterocycles. The molecule has 0 spiro atoms. The molecule has 0 aromatic heterocycles. The topological polar surface area (TPSA) is 50.4 Å². The lowest BCUT2D eigenvalue weighted by atomic mass is 9.75. The average molecular weight is 327 g/mol. The molecule has 0 bridgehead atoms. The van der Waals surface area contributed by atoms with Crippen molar-refractivity contribution in [3.8, 4) is 0 Å². The van der Waals surface area contributed by atoms with E-state index in [9.17, 15) is 4.79 Å². The van der Waals surface area contributed by atoms with Gasteiger partial charge in [-0.15, -0.1) is 0 Å². The maximum absolute atomic E-state index is 11.8. The van der Waals surface area contributed by atoms with E-state index in [1.807, 2.05) is 20.8 Å². The van der Waals surface area contributed by atoms with Gasteiger partial charge in [-0.2, -0.15) is 0 Å². The zero-order valence-electron chi connectivity index (χ0n) is 16.1. The lowest BCUT2D eigenvalue weighted by molar-refractivity contribution is 0.0514. The third-order valence-electron chi connectivity index (χ3n) is 4.87. The molecular weight excluding hydrogens is 288 g/mol. The molecule has 4 nitrogen and oxygen atoms in total. The van der Waals surface area contributed by atoms with Crippen molar-refractivity contribution in [2.75, 3.05) is 19.6 Å². The number of amides is 1. The minimum atomic E-state index is -0.439. The Bertz CT molecular complexity index is 355. The van der Waals surface area contributed by atoms with Gasteiger partial charge in [0.25, 0.3) is 0 Å². The van der Waals surface area contributed by atoms with Crippen LogP contribution in [0.25, 0.3) is 0 Å². The number of carbonyl (C=O) groups excluding carboxylic acids is 1. The molecule has 0 aliphatic heterocycles. The predicted molar refractivity (Wildman–Crippen MR) is 96.6 cm³/mol. The Morgan fingerprint density at radius 2 is 1.74 bits per heavy atom. The molecule has 1 aliphatic carbocycles. The van der Waals surface area contributed by atoms with Crippen LogP contribution in [0.15, 0.2) is 0 Å². The predicted octanol–water partition coefficient (Wildman–Crippen LogP) is 4.34. The van der Waals surface area contributed by atoms with E-state index in [0.29, 0.717) is 23.8 Å². The van der Waals surface area contributed by atoms with Crippen LogP contribution < -0.4 is 10.6 Å². The second-order valence-corrected chi connectivity index (χ2v) is 8.89. The molecule has 136 valence electrons. The van der Waals surface area contributed by atoms with Crippen LogP contribution in [0, 0.1) is 17.3 Å². The molecule has 4 heteroatoms. The normalized spacial score (nSPS) is 19.4. The zero-order valence-corrected chi connectivity index (χ0v) is 16.1. The van der Waals surface area contributed by atoms with Gasteiger partial charge < -0.3 is 15.4 Å². The minimum Gasteiger partial charge on any atom is -0.444 e. The van der Waals surface area contributed by atoms with Crippen LogP contribution >= 0.6 is 0 Å². The Hall–Kier alpha value is -0.770. The number of hydrogen-bond acceptors (Lipinski definition) is 3. The Kier molecular flexibility index (Phi) is 7.85. The third kappa shape index (κ3) is 8.59. The summed E-state index contributed by atoms with van der Waals surface area (Å²) in [5, 5.41) is 6.57. The molecule has 0 radical (unpaired) electrons. The van der Waals surface area contributed by atoms with Crippen molar-refractivity contribution < 1.29 is 9.53 Å². The highest BCUT2D eigenvalue weighted by molar-refractivity contribution is 5.67. The van der Waals surface area contributed by atoms with Crippen molar-refractivity contribution in [2.24, 2.45) is 17.3 Å². The lowest BCUT2D eigenvalue weighted by Crippen LogP contribution is -2.42. The minimum absolute atomic E-state index is 0.317. The van der Waals surface area contributed by atoms with Crippen LogP contribution in [-0.2, 0) is 4.74 Å². The van der Waals surface area contributed by atoms with Gasteiger partial charge in [0, 0.05) is 13.1 Å². The van der Waals surface area contributed by atoms with Gasteiger partial charge in [-0.1, -0.05) is 40.0 Å². The standard InChI is InChI=1S/C19H38N2O2/c1-15(2)16(13-21-17(22)23-18(3,4)5)12-20-14-19(6)10-8-7-9-11-19/h15-16,20H,7-14H2,1-6H3,(H,21,22). The monoisotopic (exact) mass is 326 g/mol. The van der Waals surface area contributed by atoms with E-state index < -0.39 is 5.60 Å². The summed E-state index contributed by atoms with van der Waals surface area (Å²) < 4.78 is 5.31. The number of ether oxygens (including phenoxy) is 1. The average Bonchev–Trinajstić information content (AvgIpc) is 2.41. The van der Waals surface area contributed by atoms with Crippen molar-refractivity contribution in [1.29, 1.82) is 0 Å². The first-order chi connectivity index (χ1) is 10.6. The SMILES string of the molecule is CC(C)C(CNCC1(C)CCCCC1)CNC(=O)OC(C)(C)C. The van der Waals surface area contributed by atoms with E-state index in [0.717, 1.165) is 13.1 Å². The summed E-state index contributed by atoms with van der Waals surface area (Å²) in [6.45, 7) is 15.2. The summed E-state index contributed by atoms with van der Waals surface area (Å²) in [6.07, 6.45) is 6.48. The molecule has 1 unspecified atom stereocenters. The van der Waals surface area contributed by atoms with Crippen LogP contribution in [0.1, 0.15) is 73.6 Å². The highest BCUT2D eigenvalue weighted by atomic mass is 16.6. The summed E-state index contributed by atoms with van der Waals surface area (Å²) in [5.74, 6) is 0.950. The molecule has 0 heterocycles. The molecule has 1 saturated carbocycles. The molecule has 2 N–H and O–H groups in total. The zero-order chi connectivity index (χ0) is 17.5. The van der Waals surface area contributed by atoms with Crippen molar-refractivity contribution in [2.45, 2.75) is 79.2 Å². The van der Waals surface area contributed by atoms with Crippen molar-refractivity contribution in [1.82, 2.24) is 10.6 Å². The van der Waals surface area contributed by atoms with Crippen LogP contribution in [0.3, 0.4) is 0 Å². The molecule has 1 atom stereocenters. The van der Waals surface area contributed by atoms with Gasteiger partial charge in [-0.25, -0.2) is 4.79 Å². The Balaban J connectivity index is 2.33. The van der Waals surface area contributed by atoms with Gasteiger partial charge in [0.1, 0.15) is 5.60 Å². The first kappa shape index (κ1) is 20.3. The summed E-state index contributed by atoms with van der Waals surface area (Å²) in [6, 6.07) is 0. The smallest absolute Gasteiger partial charge is 0.407 e. The Morgan fingerprint density at radius 1 is 1.13 bits per heavy atom. The van der Waals surface area contributed by atoms with Crippen LogP contribution in [0.5, 0.6) is 0 Å². The van der Waals surface area contributed by atoms with Gasteiger partial charge in [0.05, 0.1) is 0 Å². The number of rotatable bonds is 7. The maximum Gasteiger partial charge on any atom is 0.407 e. The Morgan fingerprint density at radius 3 is 2.26 bits per heavy atom. The van der Waals surface area contributed by atoms with Gasteiger partial charge in [-0.3, -0.25) is 0 Å².